The van der Waals surface area contributed by atoms with Gasteiger partial charge in [0.1, 0.15) is 17.2 Å². The Labute approximate surface area is 156 Å². The van der Waals surface area contributed by atoms with Crippen molar-refractivity contribution in [1.29, 1.82) is 0 Å². The molecule has 0 radical (unpaired) electrons. The highest BCUT2D eigenvalue weighted by molar-refractivity contribution is 5.68. The summed E-state index contributed by atoms with van der Waals surface area (Å²) < 4.78 is 24.5. The van der Waals surface area contributed by atoms with Gasteiger partial charge in [-0.15, -0.1) is 0 Å². The molecular weight excluding hydrogens is 333 g/mol. The molecule has 1 heterocycles. The van der Waals surface area contributed by atoms with E-state index in [1.54, 1.807) is 13.0 Å². The largest absolute Gasteiger partial charge is 0.493 e. The van der Waals surface area contributed by atoms with Gasteiger partial charge in [-0.1, -0.05) is 12.5 Å². The van der Waals surface area contributed by atoms with Gasteiger partial charge in [0.15, 0.2) is 0 Å². The van der Waals surface area contributed by atoms with Crippen molar-refractivity contribution in [3.8, 4) is 5.75 Å². The number of carbonyl (C=O) groups is 1. The van der Waals surface area contributed by atoms with Crippen LogP contribution in [0.3, 0.4) is 0 Å². The zero-order valence-corrected chi connectivity index (χ0v) is 16.5. The molecule has 0 atom stereocenters. The second kappa shape index (κ2) is 9.24. The maximum absolute atomic E-state index is 13.5. The molecule has 1 saturated heterocycles. The molecule has 1 fully saturated rings. The van der Waals surface area contributed by atoms with Gasteiger partial charge < -0.3 is 14.4 Å². The van der Waals surface area contributed by atoms with Crippen LogP contribution >= 0.6 is 0 Å². The number of halogens is 1. The quantitative estimate of drug-likeness (QED) is 0.640. The molecule has 1 aliphatic heterocycles. The molecule has 1 aromatic carbocycles. The number of benzene rings is 1. The van der Waals surface area contributed by atoms with Crippen LogP contribution in [0.4, 0.5) is 9.18 Å². The maximum Gasteiger partial charge on any atom is 0.410 e. The minimum Gasteiger partial charge on any atom is -0.493 e. The normalized spacial score (nSPS) is 15.8. The Morgan fingerprint density at radius 1 is 1.23 bits per heavy atom. The third-order valence-electron chi connectivity index (χ3n) is 4.68. The van der Waals surface area contributed by atoms with Crippen LogP contribution in [-0.4, -0.2) is 36.3 Å². The van der Waals surface area contributed by atoms with Crippen LogP contribution in [-0.2, 0) is 4.74 Å². The molecule has 4 nitrogen and oxygen atoms in total. The summed E-state index contributed by atoms with van der Waals surface area (Å²) in [7, 11) is 0. The molecule has 0 aliphatic carbocycles. The van der Waals surface area contributed by atoms with Crippen molar-refractivity contribution < 1.29 is 18.7 Å². The SMILES string of the molecule is Cc1ccc(OCCCCC2CCN(C(=O)OC(C)(C)C)CC2)cc1F. The number of carbonyl (C=O) groups excluding carboxylic acids is 1. The van der Waals surface area contributed by atoms with Gasteiger partial charge in [0.25, 0.3) is 0 Å². The highest BCUT2D eigenvalue weighted by Crippen LogP contribution is 2.24. The highest BCUT2D eigenvalue weighted by Gasteiger charge is 2.26. The second-order valence-electron chi connectivity index (χ2n) is 8.17. The summed E-state index contributed by atoms with van der Waals surface area (Å²) in [5.74, 6) is 1.03. The third-order valence-corrected chi connectivity index (χ3v) is 4.68. The molecule has 1 aliphatic rings. The molecule has 0 unspecified atom stereocenters. The lowest BCUT2D eigenvalue weighted by atomic mass is 9.92. The molecule has 5 heteroatoms. The number of rotatable bonds is 6. The standard InChI is InChI=1S/C21H32FNO3/c1-16-8-9-18(15-19(16)22)25-14-6-5-7-17-10-12-23(13-11-17)20(24)26-21(2,3)4/h8-9,15,17H,5-7,10-14H2,1-4H3. The summed E-state index contributed by atoms with van der Waals surface area (Å²) in [6, 6.07) is 5.00. The van der Waals surface area contributed by atoms with Crippen LogP contribution in [0.2, 0.25) is 0 Å². The first-order chi connectivity index (χ1) is 12.2. The van der Waals surface area contributed by atoms with Crippen molar-refractivity contribution in [2.24, 2.45) is 5.92 Å². The monoisotopic (exact) mass is 365 g/mol. The lowest BCUT2D eigenvalue weighted by Gasteiger charge is -2.33. The molecule has 146 valence electrons. The zero-order chi connectivity index (χ0) is 19.2. The number of unbranched alkanes of at least 4 members (excludes halogenated alkanes) is 1. The number of hydrogen-bond donors (Lipinski definition) is 0. The van der Waals surface area contributed by atoms with Gasteiger partial charge in [0, 0.05) is 19.2 Å². The van der Waals surface area contributed by atoms with Gasteiger partial charge in [0.05, 0.1) is 6.61 Å². The molecule has 0 aromatic heterocycles. The molecule has 26 heavy (non-hydrogen) atoms. The summed E-state index contributed by atoms with van der Waals surface area (Å²) in [5.41, 5.74) is 0.198. The molecule has 0 saturated carbocycles. The van der Waals surface area contributed by atoms with Gasteiger partial charge in [-0.25, -0.2) is 9.18 Å². The number of hydrogen-bond acceptors (Lipinski definition) is 3. The van der Waals surface area contributed by atoms with Crippen molar-refractivity contribution >= 4 is 6.09 Å². The van der Waals surface area contributed by atoms with Gasteiger partial charge >= 0.3 is 6.09 Å². The number of amides is 1. The average molecular weight is 365 g/mol. The highest BCUT2D eigenvalue weighted by atomic mass is 19.1. The predicted molar refractivity (Wildman–Crippen MR) is 101 cm³/mol. The first-order valence-electron chi connectivity index (χ1n) is 9.61. The van der Waals surface area contributed by atoms with Crippen LogP contribution in [0, 0.1) is 18.7 Å². The van der Waals surface area contributed by atoms with Crippen molar-refractivity contribution in [2.75, 3.05) is 19.7 Å². The first kappa shape index (κ1) is 20.5. The molecular formula is C21H32FNO3. The van der Waals surface area contributed by atoms with Crippen LogP contribution in [0.1, 0.15) is 58.4 Å². The summed E-state index contributed by atoms with van der Waals surface area (Å²) in [5, 5.41) is 0. The number of likely N-dealkylation sites (tertiary alicyclic amines) is 1. The van der Waals surface area contributed by atoms with E-state index in [0.717, 1.165) is 45.2 Å². The van der Waals surface area contributed by atoms with E-state index in [4.69, 9.17) is 9.47 Å². The van der Waals surface area contributed by atoms with E-state index in [-0.39, 0.29) is 11.9 Å². The Morgan fingerprint density at radius 3 is 2.54 bits per heavy atom. The smallest absolute Gasteiger partial charge is 0.410 e. The van der Waals surface area contributed by atoms with Crippen LogP contribution in [0.15, 0.2) is 18.2 Å². The van der Waals surface area contributed by atoms with Gasteiger partial charge in [-0.2, -0.15) is 0 Å². The van der Waals surface area contributed by atoms with Crippen molar-refractivity contribution in [3.63, 3.8) is 0 Å². The van der Waals surface area contributed by atoms with Crippen LogP contribution in [0.5, 0.6) is 5.75 Å². The number of nitrogens with zero attached hydrogens (tertiary/aromatic N) is 1. The fraction of sp³-hybridized carbons (Fsp3) is 0.667. The molecule has 1 amide bonds. The Kier molecular flexibility index (Phi) is 7.30. The van der Waals surface area contributed by atoms with Gasteiger partial charge in [-0.3, -0.25) is 0 Å². The van der Waals surface area contributed by atoms with Crippen LogP contribution in [0.25, 0.3) is 0 Å². The average Bonchev–Trinajstić information content (AvgIpc) is 2.57. The van der Waals surface area contributed by atoms with Gasteiger partial charge in [0.2, 0.25) is 0 Å². The van der Waals surface area contributed by atoms with Crippen LogP contribution < -0.4 is 4.74 Å². The van der Waals surface area contributed by atoms with Crippen molar-refractivity contribution in [3.05, 3.63) is 29.6 Å². The molecule has 2 rings (SSSR count). The Morgan fingerprint density at radius 2 is 1.92 bits per heavy atom. The van der Waals surface area contributed by atoms with E-state index in [2.05, 4.69) is 0 Å². The Balaban J connectivity index is 1.58. The van der Waals surface area contributed by atoms with E-state index in [9.17, 15) is 9.18 Å². The van der Waals surface area contributed by atoms with E-state index in [0.29, 0.717) is 23.8 Å². The molecule has 0 N–H and O–H groups in total. The number of piperidine rings is 1. The number of ether oxygens (including phenoxy) is 2. The van der Waals surface area contributed by atoms with Gasteiger partial charge in [-0.05, 0) is 70.9 Å². The lowest BCUT2D eigenvalue weighted by Crippen LogP contribution is -2.41. The maximum atomic E-state index is 13.5. The molecule has 0 bridgehead atoms. The zero-order valence-electron chi connectivity index (χ0n) is 16.5. The van der Waals surface area contributed by atoms with E-state index in [1.165, 1.54) is 6.07 Å². The summed E-state index contributed by atoms with van der Waals surface area (Å²) in [6.45, 7) is 9.59. The predicted octanol–water partition coefficient (Wildman–Crippen LogP) is 5.33. The fourth-order valence-corrected chi connectivity index (χ4v) is 3.12. The summed E-state index contributed by atoms with van der Waals surface area (Å²) in [4.78, 5) is 13.9. The minimum absolute atomic E-state index is 0.199. The van der Waals surface area contributed by atoms with E-state index < -0.39 is 5.60 Å². The first-order valence-corrected chi connectivity index (χ1v) is 9.61. The van der Waals surface area contributed by atoms with E-state index in [1.807, 2.05) is 31.7 Å². The lowest BCUT2D eigenvalue weighted by molar-refractivity contribution is 0.0180. The van der Waals surface area contributed by atoms with E-state index >= 15 is 0 Å². The Hall–Kier alpha value is -1.78. The van der Waals surface area contributed by atoms with Crippen molar-refractivity contribution in [1.82, 2.24) is 4.90 Å². The minimum atomic E-state index is -0.436. The third kappa shape index (κ3) is 6.85. The van der Waals surface area contributed by atoms with Crippen molar-refractivity contribution in [2.45, 2.75) is 65.4 Å². The second-order valence-corrected chi connectivity index (χ2v) is 8.17. The molecule has 0 spiro atoms. The summed E-state index contributed by atoms with van der Waals surface area (Å²) >= 11 is 0. The summed E-state index contributed by atoms with van der Waals surface area (Å²) in [6.07, 6.45) is 5.06. The number of aryl methyl sites for hydroxylation is 1. The fourth-order valence-electron chi connectivity index (χ4n) is 3.12. The molecule has 1 aromatic rings. The topological polar surface area (TPSA) is 38.8 Å². The Bertz CT molecular complexity index is 589.